The van der Waals surface area contributed by atoms with Crippen LogP contribution in [0.3, 0.4) is 0 Å². The first-order valence-corrected chi connectivity index (χ1v) is 10.5. The Morgan fingerprint density at radius 3 is 2.57 bits per heavy atom. The number of amides is 2. The van der Waals surface area contributed by atoms with Crippen molar-refractivity contribution in [3.63, 3.8) is 0 Å². The van der Waals surface area contributed by atoms with E-state index in [2.05, 4.69) is 0 Å². The van der Waals surface area contributed by atoms with Crippen LogP contribution in [0, 0.1) is 5.82 Å². The Bertz CT molecular complexity index is 860. The van der Waals surface area contributed by atoms with Gasteiger partial charge in [0.05, 0.1) is 16.3 Å². The Kier molecular flexibility index (Phi) is 6.62. The van der Waals surface area contributed by atoms with Gasteiger partial charge in [-0.3, -0.25) is 9.59 Å². The highest BCUT2D eigenvalue weighted by atomic mass is 35.5. The van der Waals surface area contributed by atoms with Crippen molar-refractivity contribution in [1.29, 1.82) is 0 Å². The summed E-state index contributed by atoms with van der Waals surface area (Å²) < 4.78 is 13.2. The van der Waals surface area contributed by atoms with Crippen LogP contribution in [0.25, 0.3) is 0 Å². The molecule has 0 radical (unpaired) electrons. The van der Waals surface area contributed by atoms with Gasteiger partial charge in [0.15, 0.2) is 0 Å². The molecule has 7 heteroatoms. The minimum absolute atomic E-state index is 0.0215. The zero-order valence-electron chi connectivity index (χ0n) is 15.8. The molecule has 28 heavy (non-hydrogen) atoms. The van der Waals surface area contributed by atoms with Crippen LogP contribution in [0.5, 0.6) is 0 Å². The van der Waals surface area contributed by atoms with E-state index in [1.165, 1.54) is 23.9 Å². The van der Waals surface area contributed by atoms with E-state index >= 15 is 0 Å². The summed E-state index contributed by atoms with van der Waals surface area (Å²) >= 11 is 7.70. The Balaban J connectivity index is 1.75. The summed E-state index contributed by atoms with van der Waals surface area (Å²) in [5, 5.41) is 0.243. The third-order valence-electron chi connectivity index (χ3n) is 4.69. The fraction of sp³-hybridized carbons (Fsp3) is 0.333. The third-order valence-corrected chi connectivity index (χ3v) is 6.28. The topological polar surface area (TPSA) is 40.6 Å². The Hall–Kier alpha value is -2.05. The Labute approximate surface area is 173 Å². The zero-order chi connectivity index (χ0) is 20.3. The SMILES string of the molecule is CC(C)N(CCN1C(=O)CS[C@H]1c1ccc(F)cc1)C(=O)c1ccccc1Cl. The highest BCUT2D eigenvalue weighted by Crippen LogP contribution is 2.38. The van der Waals surface area contributed by atoms with Gasteiger partial charge in [0.25, 0.3) is 5.91 Å². The van der Waals surface area contributed by atoms with Crippen molar-refractivity contribution in [3.8, 4) is 0 Å². The average Bonchev–Trinajstić information content (AvgIpc) is 3.03. The standard InChI is InChI=1S/C21H22ClFN2O2S/c1-14(2)24(20(27)17-5-3-4-6-18(17)22)11-12-25-19(26)13-28-21(25)15-7-9-16(23)10-8-15/h3-10,14,21H,11-13H2,1-2H3/t21-/m0/s1. The molecule has 1 fully saturated rings. The maximum atomic E-state index is 13.2. The van der Waals surface area contributed by atoms with Crippen molar-refractivity contribution in [2.24, 2.45) is 0 Å². The van der Waals surface area contributed by atoms with Crippen LogP contribution in [0.1, 0.15) is 35.1 Å². The van der Waals surface area contributed by atoms with Gasteiger partial charge < -0.3 is 9.80 Å². The monoisotopic (exact) mass is 420 g/mol. The summed E-state index contributed by atoms with van der Waals surface area (Å²) in [6.07, 6.45) is 0. The van der Waals surface area contributed by atoms with Crippen molar-refractivity contribution in [1.82, 2.24) is 9.80 Å². The van der Waals surface area contributed by atoms with Gasteiger partial charge in [-0.1, -0.05) is 35.9 Å². The van der Waals surface area contributed by atoms with Crippen LogP contribution in [0.4, 0.5) is 4.39 Å². The second kappa shape index (κ2) is 8.97. The number of hydrogen-bond acceptors (Lipinski definition) is 3. The molecule has 0 spiro atoms. The smallest absolute Gasteiger partial charge is 0.255 e. The number of rotatable bonds is 6. The quantitative estimate of drug-likeness (QED) is 0.685. The van der Waals surface area contributed by atoms with Crippen molar-refractivity contribution in [2.45, 2.75) is 25.3 Å². The summed E-state index contributed by atoms with van der Waals surface area (Å²) in [6, 6.07) is 13.1. The highest BCUT2D eigenvalue weighted by Gasteiger charge is 2.33. The lowest BCUT2D eigenvalue weighted by atomic mass is 10.1. The Morgan fingerprint density at radius 1 is 1.25 bits per heavy atom. The van der Waals surface area contributed by atoms with Crippen LogP contribution >= 0.6 is 23.4 Å². The van der Waals surface area contributed by atoms with Crippen molar-refractivity contribution in [2.75, 3.05) is 18.8 Å². The van der Waals surface area contributed by atoms with Crippen LogP contribution in [-0.2, 0) is 4.79 Å². The summed E-state index contributed by atoms with van der Waals surface area (Å²) in [4.78, 5) is 28.9. The van der Waals surface area contributed by atoms with Gasteiger partial charge in [0, 0.05) is 19.1 Å². The van der Waals surface area contributed by atoms with E-state index in [9.17, 15) is 14.0 Å². The summed E-state index contributed by atoms with van der Waals surface area (Å²) in [5.41, 5.74) is 1.33. The molecule has 0 saturated carbocycles. The fourth-order valence-corrected chi connectivity index (χ4v) is 4.63. The minimum Gasteiger partial charge on any atom is -0.334 e. The van der Waals surface area contributed by atoms with Crippen molar-refractivity contribution < 1.29 is 14.0 Å². The number of nitrogens with zero attached hydrogens (tertiary/aromatic N) is 2. The van der Waals surface area contributed by atoms with Gasteiger partial charge in [-0.25, -0.2) is 4.39 Å². The van der Waals surface area contributed by atoms with E-state index in [0.717, 1.165) is 5.56 Å². The molecule has 0 aromatic heterocycles. The second-order valence-corrected chi connectivity index (χ2v) is 8.35. The number of hydrogen-bond donors (Lipinski definition) is 0. The first-order valence-electron chi connectivity index (χ1n) is 9.10. The van der Waals surface area contributed by atoms with Gasteiger partial charge >= 0.3 is 0 Å². The van der Waals surface area contributed by atoms with Crippen LogP contribution in [-0.4, -0.2) is 46.5 Å². The molecule has 1 aliphatic heterocycles. The normalized spacial score (nSPS) is 16.7. The predicted octanol–water partition coefficient (Wildman–Crippen LogP) is 4.60. The molecule has 1 heterocycles. The van der Waals surface area contributed by atoms with Crippen molar-refractivity contribution >= 4 is 35.2 Å². The van der Waals surface area contributed by atoms with E-state index in [1.54, 1.807) is 46.2 Å². The second-order valence-electron chi connectivity index (χ2n) is 6.87. The maximum absolute atomic E-state index is 13.2. The maximum Gasteiger partial charge on any atom is 0.255 e. The van der Waals surface area contributed by atoms with E-state index in [-0.39, 0.29) is 29.0 Å². The zero-order valence-corrected chi connectivity index (χ0v) is 17.3. The predicted molar refractivity (Wildman–Crippen MR) is 111 cm³/mol. The van der Waals surface area contributed by atoms with E-state index in [1.807, 2.05) is 13.8 Å². The van der Waals surface area contributed by atoms with E-state index in [0.29, 0.717) is 29.4 Å². The summed E-state index contributed by atoms with van der Waals surface area (Å²) in [6.45, 7) is 4.67. The molecule has 148 valence electrons. The largest absolute Gasteiger partial charge is 0.334 e. The summed E-state index contributed by atoms with van der Waals surface area (Å²) in [7, 11) is 0. The molecule has 0 aliphatic carbocycles. The lowest BCUT2D eigenvalue weighted by Crippen LogP contribution is -2.43. The lowest BCUT2D eigenvalue weighted by Gasteiger charge is -2.31. The Morgan fingerprint density at radius 2 is 1.93 bits per heavy atom. The molecule has 4 nitrogen and oxygen atoms in total. The molecule has 2 aromatic carbocycles. The van der Waals surface area contributed by atoms with Gasteiger partial charge in [-0.2, -0.15) is 0 Å². The molecule has 2 aromatic rings. The van der Waals surface area contributed by atoms with Gasteiger partial charge in [0.2, 0.25) is 5.91 Å². The van der Waals surface area contributed by atoms with Crippen molar-refractivity contribution in [3.05, 3.63) is 70.5 Å². The molecule has 0 bridgehead atoms. The molecule has 1 aliphatic rings. The first-order chi connectivity index (χ1) is 13.4. The molecule has 0 unspecified atom stereocenters. The van der Waals surface area contributed by atoms with Gasteiger partial charge in [0.1, 0.15) is 11.2 Å². The molecule has 2 amide bonds. The van der Waals surface area contributed by atoms with Crippen LogP contribution in [0.2, 0.25) is 5.02 Å². The summed E-state index contributed by atoms with van der Waals surface area (Å²) in [5.74, 6) is -0.0604. The van der Waals surface area contributed by atoms with Crippen LogP contribution in [0.15, 0.2) is 48.5 Å². The first kappa shape index (κ1) is 20.7. The number of halogens is 2. The van der Waals surface area contributed by atoms with E-state index < -0.39 is 0 Å². The minimum atomic E-state index is -0.305. The van der Waals surface area contributed by atoms with Gasteiger partial charge in [-0.15, -0.1) is 11.8 Å². The third kappa shape index (κ3) is 4.50. The molecular weight excluding hydrogens is 399 g/mol. The molecule has 1 atom stereocenters. The number of carbonyl (C=O) groups excluding carboxylic acids is 2. The molecule has 1 saturated heterocycles. The van der Waals surface area contributed by atoms with E-state index in [4.69, 9.17) is 11.6 Å². The van der Waals surface area contributed by atoms with Crippen LogP contribution < -0.4 is 0 Å². The molecule has 0 N–H and O–H groups in total. The molecular formula is C21H22ClFN2O2S. The number of carbonyl (C=O) groups is 2. The lowest BCUT2D eigenvalue weighted by molar-refractivity contribution is -0.128. The average molecular weight is 421 g/mol. The highest BCUT2D eigenvalue weighted by molar-refractivity contribution is 8.00. The molecule has 3 rings (SSSR count). The van der Waals surface area contributed by atoms with Gasteiger partial charge in [-0.05, 0) is 43.7 Å². The number of thioether (sulfide) groups is 1. The fourth-order valence-electron chi connectivity index (χ4n) is 3.20. The number of benzene rings is 2.